The van der Waals surface area contributed by atoms with E-state index in [9.17, 15) is 4.79 Å². The van der Waals surface area contributed by atoms with Crippen LogP contribution in [0.2, 0.25) is 0 Å². The Morgan fingerprint density at radius 2 is 2.14 bits per heavy atom. The highest BCUT2D eigenvalue weighted by atomic mass is 127. The lowest BCUT2D eigenvalue weighted by atomic mass is 10.3. The highest BCUT2D eigenvalue weighted by molar-refractivity contribution is 14.0. The predicted octanol–water partition coefficient (Wildman–Crippen LogP) is 2.16. The van der Waals surface area contributed by atoms with Crippen LogP contribution < -0.4 is 16.2 Å². The molecular formula is C15H27IN4OS. The van der Waals surface area contributed by atoms with Crippen molar-refractivity contribution in [2.45, 2.75) is 26.3 Å². The second-order valence-corrected chi connectivity index (χ2v) is 5.61. The van der Waals surface area contributed by atoms with Gasteiger partial charge in [-0.05, 0) is 32.1 Å². The first-order valence-corrected chi connectivity index (χ1v) is 8.84. The molecule has 0 bridgehead atoms. The number of halogens is 1. The number of aryl methyl sites for hydroxylation is 1. The summed E-state index contributed by atoms with van der Waals surface area (Å²) in [5.41, 5.74) is 0.0630. The number of unbranched alkanes of at least 4 members (excludes halogenated alkanes) is 1. The Balaban J connectivity index is 0.00000441. The van der Waals surface area contributed by atoms with E-state index in [1.807, 2.05) is 24.0 Å². The average Bonchev–Trinajstić information content (AvgIpc) is 2.49. The number of hydrogen-bond acceptors (Lipinski definition) is 3. The maximum atomic E-state index is 11.5. The molecule has 1 aromatic rings. The van der Waals surface area contributed by atoms with Crippen molar-refractivity contribution >= 4 is 41.7 Å². The first-order valence-electron chi connectivity index (χ1n) is 7.44. The number of thioether (sulfide) groups is 1. The minimum absolute atomic E-state index is 0. The van der Waals surface area contributed by atoms with Gasteiger partial charge in [0.05, 0.1) is 0 Å². The van der Waals surface area contributed by atoms with Crippen LogP contribution in [0.4, 0.5) is 0 Å². The zero-order valence-corrected chi connectivity index (χ0v) is 16.5. The Labute approximate surface area is 154 Å². The van der Waals surface area contributed by atoms with Crippen LogP contribution in [0.15, 0.2) is 34.2 Å². The molecule has 22 heavy (non-hydrogen) atoms. The van der Waals surface area contributed by atoms with Gasteiger partial charge in [0.1, 0.15) is 0 Å². The average molecular weight is 438 g/mol. The second-order valence-electron chi connectivity index (χ2n) is 4.62. The van der Waals surface area contributed by atoms with E-state index in [2.05, 4.69) is 28.8 Å². The first-order chi connectivity index (χ1) is 10.3. The van der Waals surface area contributed by atoms with E-state index < -0.39 is 0 Å². The molecule has 1 rings (SSSR count). The van der Waals surface area contributed by atoms with Crippen LogP contribution in [0.1, 0.15) is 19.8 Å². The van der Waals surface area contributed by atoms with Crippen LogP contribution in [0, 0.1) is 0 Å². The molecule has 0 spiro atoms. The topological polar surface area (TPSA) is 58.4 Å². The monoisotopic (exact) mass is 438 g/mol. The molecule has 1 aromatic heterocycles. The Morgan fingerprint density at radius 1 is 1.32 bits per heavy atom. The molecule has 2 N–H and O–H groups in total. The Bertz CT molecular complexity index is 479. The van der Waals surface area contributed by atoms with Gasteiger partial charge in [0.25, 0.3) is 0 Å². The molecule has 0 unspecified atom stereocenters. The molecule has 0 saturated heterocycles. The summed E-state index contributed by atoms with van der Waals surface area (Å²) in [4.78, 5) is 16.1. The van der Waals surface area contributed by atoms with E-state index in [0.29, 0.717) is 0 Å². The highest BCUT2D eigenvalue weighted by Crippen LogP contribution is 1.94. The summed E-state index contributed by atoms with van der Waals surface area (Å²) >= 11 is 1.81. The zero-order valence-electron chi connectivity index (χ0n) is 13.4. The molecule has 0 aliphatic heterocycles. The summed E-state index contributed by atoms with van der Waals surface area (Å²) in [6, 6.07) is 5.25. The fourth-order valence-electron chi connectivity index (χ4n) is 1.84. The molecule has 0 fully saturated rings. The van der Waals surface area contributed by atoms with Crippen LogP contribution in [0.3, 0.4) is 0 Å². The fraction of sp³-hybridized carbons (Fsp3) is 0.600. The second kappa shape index (κ2) is 13.9. The zero-order chi connectivity index (χ0) is 15.3. The minimum Gasteiger partial charge on any atom is -0.357 e. The summed E-state index contributed by atoms with van der Waals surface area (Å²) in [7, 11) is 0. The van der Waals surface area contributed by atoms with E-state index >= 15 is 0 Å². The van der Waals surface area contributed by atoms with Crippen LogP contribution >= 0.6 is 35.7 Å². The van der Waals surface area contributed by atoms with E-state index in [-0.39, 0.29) is 29.5 Å². The van der Waals surface area contributed by atoms with Gasteiger partial charge in [0, 0.05) is 44.2 Å². The molecule has 0 aliphatic rings. The van der Waals surface area contributed by atoms with E-state index in [1.54, 1.807) is 16.7 Å². The largest absolute Gasteiger partial charge is 0.357 e. The maximum Gasteiger partial charge on any atom is 0.250 e. The Morgan fingerprint density at radius 3 is 2.82 bits per heavy atom. The lowest BCUT2D eigenvalue weighted by Crippen LogP contribution is -2.38. The van der Waals surface area contributed by atoms with Crippen molar-refractivity contribution in [3.05, 3.63) is 34.7 Å². The summed E-state index contributed by atoms with van der Waals surface area (Å²) in [5.74, 6) is 1.95. The first kappa shape index (κ1) is 21.3. The molecule has 7 heteroatoms. The predicted molar refractivity (Wildman–Crippen MR) is 108 cm³/mol. The van der Waals surface area contributed by atoms with Gasteiger partial charge in [-0.3, -0.25) is 9.79 Å². The van der Waals surface area contributed by atoms with Gasteiger partial charge in [-0.2, -0.15) is 11.8 Å². The maximum absolute atomic E-state index is 11.5. The van der Waals surface area contributed by atoms with Crippen molar-refractivity contribution in [2.24, 2.45) is 4.99 Å². The van der Waals surface area contributed by atoms with Gasteiger partial charge in [0.2, 0.25) is 5.56 Å². The molecule has 1 heterocycles. The van der Waals surface area contributed by atoms with Crippen LogP contribution in [0.5, 0.6) is 0 Å². The number of aromatic nitrogens is 1. The fourth-order valence-corrected chi connectivity index (χ4v) is 2.15. The SMILES string of the molecule is CCNC(=NCCCCn1ccccc1=O)NCCSC.I. The Kier molecular flexibility index (Phi) is 13.5. The molecular weight excluding hydrogens is 411 g/mol. The molecule has 5 nitrogen and oxygen atoms in total. The van der Waals surface area contributed by atoms with Gasteiger partial charge in [-0.15, -0.1) is 24.0 Å². The molecule has 0 saturated carbocycles. The van der Waals surface area contributed by atoms with E-state index in [1.165, 1.54) is 0 Å². The van der Waals surface area contributed by atoms with Crippen molar-refractivity contribution in [3.63, 3.8) is 0 Å². The van der Waals surface area contributed by atoms with Gasteiger partial charge >= 0.3 is 0 Å². The summed E-state index contributed by atoms with van der Waals surface area (Å²) in [6.07, 6.45) is 5.86. The van der Waals surface area contributed by atoms with Gasteiger partial charge < -0.3 is 15.2 Å². The number of pyridine rings is 1. The lowest BCUT2D eigenvalue weighted by Gasteiger charge is -2.10. The summed E-state index contributed by atoms with van der Waals surface area (Å²) < 4.78 is 1.74. The number of nitrogens with one attached hydrogen (secondary N) is 2. The lowest BCUT2D eigenvalue weighted by molar-refractivity contribution is 0.598. The molecule has 0 aliphatic carbocycles. The molecule has 0 aromatic carbocycles. The van der Waals surface area contributed by atoms with Crippen molar-refractivity contribution in [1.82, 2.24) is 15.2 Å². The number of hydrogen-bond donors (Lipinski definition) is 2. The van der Waals surface area contributed by atoms with Crippen molar-refractivity contribution in [3.8, 4) is 0 Å². The van der Waals surface area contributed by atoms with E-state index in [4.69, 9.17) is 0 Å². The number of rotatable bonds is 9. The third-order valence-electron chi connectivity index (χ3n) is 2.92. The summed E-state index contributed by atoms with van der Waals surface area (Å²) in [5, 5.41) is 6.54. The molecule has 0 radical (unpaired) electrons. The molecule has 0 amide bonds. The number of aliphatic imine (C=N–C) groups is 1. The quantitative estimate of drug-likeness (QED) is 0.269. The third kappa shape index (κ3) is 9.34. The molecule has 126 valence electrons. The van der Waals surface area contributed by atoms with Gasteiger partial charge in [-0.25, -0.2) is 0 Å². The van der Waals surface area contributed by atoms with Gasteiger partial charge in [-0.1, -0.05) is 6.07 Å². The van der Waals surface area contributed by atoms with Gasteiger partial charge in [0.15, 0.2) is 5.96 Å². The van der Waals surface area contributed by atoms with Crippen molar-refractivity contribution in [1.29, 1.82) is 0 Å². The normalized spacial score (nSPS) is 10.9. The van der Waals surface area contributed by atoms with Crippen molar-refractivity contribution < 1.29 is 0 Å². The molecule has 0 atom stereocenters. The highest BCUT2D eigenvalue weighted by Gasteiger charge is 1.97. The smallest absolute Gasteiger partial charge is 0.250 e. The third-order valence-corrected chi connectivity index (χ3v) is 3.53. The minimum atomic E-state index is 0. The number of guanidine groups is 1. The van der Waals surface area contributed by atoms with Crippen LogP contribution in [-0.2, 0) is 6.54 Å². The van der Waals surface area contributed by atoms with Crippen LogP contribution in [0.25, 0.3) is 0 Å². The standard InChI is InChI=1S/C15H26N4OS.HI/c1-3-16-15(18-10-13-21-2)17-9-5-7-12-19-11-6-4-8-14(19)20;/h4,6,8,11H,3,5,7,9-10,12-13H2,1-2H3,(H2,16,17,18);1H. The Hall–Kier alpha value is -0.700. The van der Waals surface area contributed by atoms with Crippen molar-refractivity contribution in [2.75, 3.05) is 31.6 Å². The summed E-state index contributed by atoms with van der Waals surface area (Å²) in [6.45, 7) is 5.38. The van der Waals surface area contributed by atoms with Crippen LogP contribution in [-0.4, -0.2) is 42.2 Å². The number of nitrogens with zero attached hydrogens (tertiary/aromatic N) is 2. The van der Waals surface area contributed by atoms with E-state index in [0.717, 1.165) is 50.7 Å².